The molecule has 2 rings (SSSR count). The maximum absolute atomic E-state index is 12.3. The van der Waals surface area contributed by atoms with Gasteiger partial charge >= 0.3 is 5.97 Å². The van der Waals surface area contributed by atoms with Crippen molar-refractivity contribution in [1.82, 2.24) is 5.16 Å². The first-order valence-corrected chi connectivity index (χ1v) is 7.19. The topological polar surface area (TPSA) is 119 Å². The van der Waals surface area contributed by atoms with Gasteiger partial charge in [0.2, 0.25) is 5.88 Å². The van der Waals surface area contributed by atoms with Crippen molar-refractivity contribution in [3.05, 3.63) is 35.5 Å². The quantitative estimate of drug-likeness (QED) is 0.858. The Morgan fingerprint density at radius 2 is 2.10 bits per heavy atom. The van der Waals surface area contributed by atoms with Gasteiger partial charge in [-0.1, -0.05) is 5.16 Å². The molecule has 2 N–H and O–H groups in total. The number of aromatic nitrogens is 1. The number of carboxylic acids is 1. The molecule has 1 aromatic heterocycles. The first-order chi connectivity index (χ1) is 9.83. The summed E-state index contributed by atoms with van der Waals surface area (Å²) in [4.78, 5) is 10.7. The zero-order valence-electron chi connectivity index (χ0n) is 11.2. The Morgan fingerprint density at radius 1 is 1.38 bits per heavy atom. The highest BCUT2D eigenvalue weighted by Gasteiger charge is 2.23. The van der Waals surface area contributed by atoms with Gasteiger partial charge in [0.05, 0.1) is 18.4 Å². The number of carboxylic acid groups (broad SMARTS) is 1. The second-order valence-electron chi connectivity index (χ2n) is 4.11. The van der Waals surface area contributed by atoms with E-state index in [2.05, 4.69) is 9.88 Å². The molecule has 0 radical (unpaired) electrons. The van der Waals surface area contributed by atoms with E-state index in [1.807, 2.05) is 0 Å². The summed E-state index contributed by atoms with van der Waals surface area (Å²) in [6.45, 7) is 1.63. The van der Waals surface area contributed by atoms with E-state index >= 15 is 0 Å². The van der Waals surface area contributed by atoms with Crippen molar-refractivity contribution in [2.75, 3.05) is 11.8 Å². The maximum atomic E-state index is 12.3. The molecule has 0 saturated heterocycles. The summed E-state index contributed by atoms with van der Waals surface area (Å²) in [6.07, 6.45) is 0. The maximum Gasteiger partial charge on any atom is 0.335 e. The van der Waals surface area contributed by atoms with Crippen molar-refractivity contribution >= 4 is 21.9 Å². The number of methoxy groups -OCH3 is 1. The third-order valence-corrected chi connectivity index (χ3v) is 3.93. The minimum absolute atomic E-state index is 0.0173. The molecule has 1 heterocycles. The highest BCUT2D eigenvalue weighted by Crippen LogP contribution is 2.27. The Kier molecular flexibility index (Phi) is 3.85. The Labute approximate surface area is 120 Å². The zero-order valence-corrected chi connectivity index (χ0v) is 12.0. The number of hydrogen-bond donors (Lipinski definition) is 2. The van der Waals surface area contributed by atoms with Gasteiger partial charge in [0.15, 0.2) is 0 Å². The van der Waals surface area contributed by atoms with Crippen LogP contribution >= 0.6 is 0 Å². The number of benzene rings is 1. The minimum Gasteiger partial charge on any atom is -0.495 e. The Morgan fingerprint density at radius 3 is 2.62 bits per heavy atom. The summed E-state index contributed by atoms with van der Waals surface area (Å²) in [6, 6.07) is 4.92. The Balaban J connectivity index is 2.47. The molecule has 0 aliphatic rings. The Bertz CT molecular complexity index is 781. The summed E-state index contributed by atoms with van der Waals surface area (Å²) in [5.74, 6) is -1.30. The van der Waals surface area contributed by atoms with Crippen molar-refractivity contribution in [1.29, 1.82) is 0 Å². The molecule has 1 aromatic carbocycles. The molecule has 0 amide bonds. The average molecular weight is 312 g/mol. The highest BCUT2D eigenvalue weighted by molar-refractivity contribution is 7.92. The fourth-order valence-electron chi connectivity index (χ4n) is 1.62. The predicted octanol–water partition coefficient (Wildman–Crippen LogP) is 1.49. The van der Waals surface area contributed by atoms with Crippen LogP contribution in [0.1, 0.15) is 16.1 Å². The molecule has 2 aromatic rings. The van der Waals surface area contributed by atoms with Crippen molar-refractivity contribution in [2.45, 2.75) is 11.8 Å². The third kappa shape index (κ3) is 3.14. The van der Waals surface area contributed by atoms with Gasteiger partial charge in [-0.05, 0) is 25.1 Å². The van der Waals surface area contributed by atoms with E-state index in [0.29, 0.717) is 5.69 Å². The van der Waals surface area contributed by atoms with E-state index < -0.39 is 16.0 Å². The van der Waals surface area contributed by atoms with Crippen LogP contribution in [0.25, 0.3) is 0 Å². The number of aryl methyl sites for hydroxylation is 1. The number of nitrogens with zero attached hydrogens (tertiary/aromatic N) is 1. The van der Waals surface area contributed by atoms with Gasteiger partial charge in [0.1, 0.15) is 10.6 Å². The molecule has 0 fully saturated rings. The number of anilines is 1. The van der Waals surface area contributed by atoms with Crippen LogP contribution in [-0.2, 0) is 10.0 Å². The highest BCUT2D eigenvalue weighted by atomic mass is 32.2. The normalized spacial score (nSPS) is 11.1. The molecule has 0 saturated carbocycles. The van der Waals surface area contributed by atoms with E-state index in [1.54, 1.807) is 6.92 Å². The molecule has 8 nitrogen and oxygen atoms in total. The SMILES string of the molecule is COc1ccc(C(=O)O)cc1S(=O)(=O)Nc1cc(C)no1. The summed E-state index contributed by atoms with van der Waals surface area (Å²) in [5.41, 5.74) is 0.323. The number of carbonyl (C=O) groups is 1. The largest absolute Gasteiger partial charge is 0.495 e. The summed E-state index contributed by atoms with van der Waals surface area (Å²) >= 11 is 0. The second kappa shape index (κ2) is 5.44. The third-order valence-electron chi connectivity index (χ3n) is 2.56. The van der Waals surface area contributed by atoms with Crippen LogP contribution in [-0.4, -0.2) is 31.8 Å². The van der Waals surface area contributed by atoms with E-state index in [4.69, 9.17) is 14.4 Å². The number of aromatic carboxylic acids is 1. The fraction of sp³-hybridized carbons (Fsp3) is 0.167. The van der Waals surface area contributed by atoms with Gasteiger partial charge < -0.3 is 14.4 Å². The van der Waals surface area contributed by atoms with Crippen LogP contribution in [0.15, 0.2) is 33.7 Å². The van der Waals surface area contributed by atoms with Crippen molar-refractivity contribution < 1.29 is 27.6 Å². The lowest BCUT2D eigenvalue weighted by atomic mass is 10.2. The van der Waals surface area contributed by atoms with Gasteiger partial charge in [-0.3, -0.25) is 0 Å². The summed E-state index contributed by atoms with van der Waals surface area (Å²) in [5, 5.41) is 12.5. The van der Waals surface area contributed by atoms with Crippen LogP contribution in [0.4, 0.5) is 5.88 Å². The molecule has 0 bridgehead atoms. The van der Waals surface area contributed by atoms with Gasteiger partial charge in [-0.25, -0.2) is 17.9 Å². The van der Waals surface area contributed by atoms with Crippen LogP contribution in [0.5, 0.6) is 5.75 Å². The number of ether oxygens (including phenoxy) is 1. The molecule has 0 aliphatic heterocycles. The molecule has 0 atom stereocenters. The second-order valence-corrected chi connectivity index (χ2v) is 5.76. The molecule has 9 heteroatoms. The monoisotopic (exact) mass is 312 g/mol. The average Bonchev–Trinajstić information content (AvgIpc) is 2.82. The fourth-order valence-corrected chi connectivity index (χ4v) is 2.79. The Hall–Kier alpha value is -2.55. The number of rotatable bonds is 5. The smallest absolute Gasteiger partial charge is 0.335 e. The molecular formula is C12H12N2O6S. The lowest BCUT2D eigenvalue weighted by molar-refractivity contribution is 0.0696. The predicted molar refractivity (Wildman–Crippen MR) is 72.0 cm³/mol. The van der Waals surface area contributed by atoms with Crippen LogP contribution in [0, 0.1) is 6.92 Å². The molecule has 0 unspecified atom stereocenters. The number of hydrogen-bond acceptors (Lipinski definition) is 6. The lowest BCUT2D eigenvalue weighted by Gasteiger charge is -2.10. The van der Waals surface area contributed by atoms with Gasteiger partial charge in [0.25, 0.3) is 10.0 Å². The van der Waals surface area contributed by atoms with Crippen molar-refractivity contribution in [3.8, 4) is 5.75 Å². The van der Waals surface area contributed by atoms with Gasteiger partial charge in [0, 0.05) is 6.07 Å². The van der Waals surface area contributed by atoms with Gasteiger partial charge in [-0.2, -0.15) is 0 Å². The molecule has 21 heavy (non-hydrogen) atoms. The molecule has 0 aliphatic carbocycles. The summed E-state index contributed by atoms with van der Waals surface area (Å²) < 4.78 is 36.5. The van der Waals surface area contributed by atoms with Crippen LogP contribution in [0.3, 0.4) is 0 Å². The van der Waals surface area contributed by atoms with Gasteiger partial charge in [-0.15, -0.1) is 0 Å². The molecule has 112 valence electrons. The molecule has 0 spiro atoms. The zero-order chi connectivity index (χ0) is 15.6. The number of nitrogens with one attached hydrogen (secondary N) is 1. The van der Waals surface area contributed by atoms with Crippen LogP contribution in [0.2, 0.25) is 0 Å². The molecular weight excluding hydrogens is 300 g/mol. The summed E-state index contributed by atoms with van der Waals surface area (Å²) in [7, 11) is -2.79. The van der Waals surface area contributed by atoms with Crippen molar-refractivity contribution in [2.24, 2.45) is 0 Å². The first kappa shape index (κ1) is 14.9. The van der Waals surface area contributed by atoms with Crippen molar-refractivity contribution in [3.63, 3.8) is 0 Å². The lowest BCUT2D eigenvalue weighted by Crippen LogP contribution is -2.14. The first-order valence-electron chi connectivity index (χ1n) is 5.71. The van der Waals surface area contributed by atoms with E-state index in [0.717, 1.165) is 6.07 Å². The standard InChI is InChI=1S/C12H12N2O6S/c1-7-5-11(20-13-7)14-21(17,18)10-6-8(12(15)16)3-4-9(10)19-2/h3-6,14H,1-2H3,(H,15,16). The number of sulfonamides is 1. The van der Waals surface area contributed by atoms with E-state index in [1.165, 1.54) is 25.3 Å². The van der Waals surface area contributed by atoms with Crippen LogP contribution < -0.4 is 9.46 Å². The van der Waals surface area contributed by atoms with E-state index in [9.17, 15) is 13.2 Å². The van der Waals surface area contributed by atoms with E-state index in [-0.39, 0.29) is 22.1 Å². The minimum atomic E-state index is -4.07.